The SMILES string of the molecule is CCc1cc(C)c(C)c([NH-])c1CC.[Li+]. The topological polar surface area (TPSA) is 23.8 Å². The first-order chi connectivity index (χ1) is 6.11. The quantitative estimate of drug-likeness (QED) is 0.613. The molecule has 0 aliphatic heterocycles. The second-order valence-electron chi connectivity index (χ2n) is 3.54. The molecule has 0 fully saturated rings. The summed E-state index contributed by atoms with van der Waals surface area (Å²) in [5.74, 6) is 0. The van der Waals surface area contributed by atoms with Gasteiger partial charge in [-0.05, 0) is 37.8 Å². The normalized spacial score (nSPS) is 9.71. The van der Waals surface area contributed by atoms with Gasteiger partial charge in [-0.25, -0.2) is 0 Å². The van der Waals surface area contributed by atoms with Gasteiger partial charge in [-0.1, -0.05) is 31.0 Å². The van der Waals surface area contributed by atoms with Crippen molar-refractivity contribution in [2.45, 2.75) is 40.5 Å². The van der Waals surface area contributed by atoms with Crippen molar-refractivity contribution in [3.63, 3.8) is 0 Å². The first kappa shape index (κ1) is 13.6. The third-order valence-corrected chi connectivity index (χ3v) is 2.78. The van der Waals surface area contributed by atoms with Crippen LogP contribution >= 0.6 is 0 Å². The largest absolute Gasteiger partial charge is 1.00 e. The van der Waals surface area contributed by atoms with Crippen molar-refractivity contribution >= 4 is 5.69 Å². The molecule has 0 atom stereocenters. The summed E-state index contributed by atoms with van der Waals surface area (Å²) in [5, 5.41) is 0. The minimum Gasteiger partial charge on any atom is -0.698 e. The fraction of sp³-hybridized carbons (Fsp3) is 0.500. The number of rotatable bonds is 2. The zero-order valence-corrected chi connectivity index (χ0v) is 9.99. The molecule has 0 radical (unpaired) electrons. The molecule has 1 aromatic rings. The molecule has 1 rings (SSSR count). The molecule has 0 bridgehead atoms. The summed E-state index contributed by atoms with van der Waals surface area (Å²) in [7, 11) is 0. The maximum atomic E-state index is 7.98. The van der Waals surface area contributed by atoms with Crippen LogP contribution in [0.25, 0.3) is 5.73 Å². The van der Waals surface area contributed by atoms with Gasteiger partial charge in [0.05, 0.1) is 0 Å². The maximum Gasteiger partial charge on any atom is 1.00 e. The van der Waals surface area contributed by atoms with Crippen LogP contribution in [0.1, 0.15) is 36.1 Å². The summed E-state index contributed by atoms with van der Waals surface area (Å²) < 4.78 is 0. The zero-order valence-electron chi connectivity index (χ0n) is 9.99. The van der Waals surface area contributed by atoms with Crippen LogP contribution in [0.2, 0.25) is 0 Å². The van der Waals surface area contributed by atoms with Crippen molar-refractivity contribution in [2.24, 2.45) is 0 Å². The van der Waals surface area contributed by atoms with Crippen LogP contribution in [0.3, 0.4) is 0 Å². The van der Waals surface area contributed by atoms with E-state index < -0.39 is 0 Å². The van der Waals surface area contributed by atoms with Crippen LogP contribution in [0.4, 0.5) is 5.69 Å². The Morgan fingerprint density at radius 1 is 1.14 bits per heavy atom. The standard InChI is InChI=1S/C12H18N.Li/c1-5-10-7-8(3)9(4)12(13)11(10)6-2;/h7,13H,5-6H2,1-4H3;/q-1;+1. The van der Waals surface area contributed by atoms with Gasteiger partial charge in [-0.3, -0.25) is 0 Å². The Bertz CT molecular complexity index is 319. The predicted octanol–water partition coefficient (Wildman–Crippen LogP) is 1.12. The summed E-state index contributed by atoms with van der Waals surface area (Å²) in [6.45, 7) is 8.41. The van der Waals surface area contributed by atoms with Gasteiger partial charge in [-0.2, -0.15) is 0 Å². The second-order valence-corrected chi connectivity index (χ2v) is 3.54. The molecule has 1 aromatic carbocycles. The van der Waals surface area contributed by atoms with E-state index in [0.29, 0.717) is 0 Å². The first-order valence-corrected chi connectivity index (χ1v) is 4.95. The fourth-order valence-corrected chi connectivity index (χ4v) is 1.76. The number of aryl methyl sites for hydroxylation is 2. The van der Waals surface area contributed by atoms with Crippen molar-refractivity contribution < 1.29 is 18.9 Å². The molecule has 72 valence electrons. The Labute approximate surface area is 99.3 Å². The molecular formula is C12H18LiN. The smallest absolute Gasteiger partial charge is 0.698 e. The Morgan fingerprint density at radius 2 is 1.71 bits per heavy atom. The van der Waals surface area contributed by atoms with E-state index in [9.17, 15) is 0 Å². The first-order valence-electron chi connectivity index (χ1n) is 4.95. The van der Waals surface area contributed by atoms with Gasteiger partial charge >= 0.3 is 18.9 Å². The van der Waals surface area contributed by atoms with Gasteiger partial charge in [0.2, 0.25) is 0 Å². The minimum absolute atomic E-state index is 0. The van der Waals surface area contributed by atoms with E-state index in [4.69, 9.17) is 5.73 Å². The van der Waals surface area contributed by atoms with Crippen molar-refractivity contribution in [1.82, 2.24) is 0 Å². The molecule has 1 N–H and O–H groups in total. The molecule has 0 saturated heterocycles. The molecule has 0 aliphatic carbocycles. The molecule has 0 amide bonds. The van der Waals surface area contributed by atoms with Crippen LogP contribution in [0, 0.1) is 13.8 Å². The molecular weight excluding hydrogens is 165 g/mol. The van der Waals surface area contributed by atoms with E-state index in [1.54, 1.807) is 0 Å². The summed E-state index contributed by atoms with van der Waals surface area (Å²) in [4.78, 5) is 0. The molecule has 0 aliphatic rings. The molecule has 0 aromatic heterocycles. The third kappa shape index (κ3) is 2.35. The van der Waals surface area contributed by atoms with Gasteiger partial charge < -0.3 is 5.73 Å². The third-order valence-electron chi connectivity index (χ3n) is 2.78. The molecule has 14 heavy (non-hydrogen) atoms. The van der Waals surface area contributed by atoms with E-state index in [1.807, 2.05) is 6.92 Å². The van der Waals surface area contributed by atoms with Crippen LogP contribution in [-0.4, -0.2) is 0 Å². The summed E-state index contributed by atoms with van der Waals surface area (Å²) in [5.41, 5.74) is 13.7. The van der Waals surface area contributed by atoms with E-state index >= 15 is 0 Å². The average Bonchev–Trinajstić information content (AvgIpc) is 2.13. The number of benzene rings is 1. The van der Waals surface area contributed by atoms with Crippen LogP contribution < -0.4 is 18.9 Å². The van der Waals surface area contributed by atoms with E-state index in [-0.39, 0.29) is 18.9 Å². The van der Waals surface area contributed by atoms with Gasteiger partial charge in [0.1, 0.15) is 0 Å². The van der Waals surface area contributed by atoms with Crippen molar-refractivity contribution in [1.29, 1.82) is 0 Å². The molecule has 2 heteroatoms. The number of nitrogens with one attached hydrogen (secondary N) is 1. The predicted molar refractivity (Wildman–Crippen MR) is 58.7 cm³/mol. The Balaban J connectivity index is 0.00000169. The minimum atomic E-state index is 0. The van der Waals surface area contributed by atoms with Crippen LogP contribution in [0.15, 0.2) is 6.07 Å². The second kappa shape index (κ2) is 5.49. The van der Waals surface area contributed by atoms with Gasteiger partial charge in [-0.15, -0.1) is 5.69 Å². The van der Waals surface area contributed by atoms with E-state index in [1.165, 1.54) is 16.7 Å². The van der Waals surface area contributed by atoms with Crippen molar-refractivity contribution in [3.05, 3.63) is 34.1 Å². The number of hydrogen-bond donors (Lipinski definition) is 0. The van der Waals surface area contributed by atoms with Crippen molar-refractivity contribution in [2.75, 3.05) is 0 Å². The molecule has 0 heterocycles. The summed E-state index contributed by atoms with van der Waals surface area (Å²) >= 11 is 0. The molecule has 0 unspecified atom stereocenters. The Kier molecular flexibility index (Phi) is 5.34. The zero-order chi connectivity index (χ0) is 10.0. The Morgan fingerprint density at radius 3 is 2.14 bits per heavy atom. The summed E-state index contributed by atoms with van der Waals surface area (Å²) in [6.07, 6.45) is 2.01. The molecule has 0 spiro atoms. The Hall–Kier alpha value is -0.383. The monoisotopic (exact) mass is 183 g/mol. The van der Waals surface area contributed by atoms with Gasteiger partial charge in [0, 0.05) is 0 Å². The average molecular weight is 183 g/mol. The fourth-order valence-electron chi connectivity index (χ4n) is 1.76. The molecule has 1 nitrogen and oxygen atoms in total. The maximum absolute atomic E-state index is 7.98. The number of hydrogen-bond acceptors (Lipinski definition) is 0. The summed E-state index contributed by atoms with van der Waals surface area (Å²) in [6, 6.07) is 2.23. The van der Waals surface area contributed by atoms with Crippen molar-refractivity contribution in [3.8, 4) is 0 Å². The van der Waals surface area contributed by atoms with E-state index in [2.05, 4.69) is 26.8 Å². The van der Waals surface area contributed by atoms with Crippen LogP contribution in [0.5, 0.6) is 0 Å². The van der Waals surface area contributed by atoms with E-state index in [0.717, 1.165) is 24.1 Å². The van der Waals surface area contributed by atoms with Crippen LogP contribution in [-0.2, 0) is 12.8 Å². The molecule has 0 saturated carbocycles. The van der Waals surface area contributed by atoms with Gasteiger partial charge in [0.25, 0.3) is 0 Å². The van der Waals surface area contributed by atoms with Gasteiger partial charge in [0.15, 0.2) is 0 Å².